The van der Waals surface area contributed by atoms with E-state index < -0.39 is 0 Å². The summed E-state index contributed by atoms with van der Waals surface area (Å²) in [4.78, 5) is 8.86. The number of nitrogens with one attached hydrogen (secondary N) is 2. The molecule has 148 valence electrons. The van der Waals surface area contributed by atoms with Crippen molar-refractivity contribution in [2.75, 3.05) is 19.7 Å². The van der Waals surface area contributed by atoms with E-state index in [1.807, 2.05) is 12.3 Å². The van der Waals surface area contributed by atoms with E-state index in [1.54, 1.807) is 6.20 Å². The second kappa shape index (κ2) is 13.4. The quantitative estimate of drug-likeness (QED) is 0.321. The molecule has 0 fully saturated rings. The van der Waals surface area contributed by atoms with E-state index in [4.69, 9.17) is 9.73 Å². The van der Waals surface area contributed by atoms with Gasteiger partial charge in [-0.3, -0.25) is 4.98 Å². The van der Waals surface area contributed by atoms with Crippen molar-refractivity contribution in [2.45, 2.75) is 40.2 Å². The number of aliphatic imine (C=N–C) groups is 1. The van der Waals surface area contributed by atoms with Gasteiger partial charge in [0.25, 0.3) is 0 Å². The van der Waals surface area contributed by atoms with Crippen molar-refractivity contribution >= 4 is 29.9 Å². The molecule has 2 N–H and O–H groups in total. The van der Waals surface area contributed by atoms with Gasteiger partial charge in [0.2, 0.25) is 0 Å². The van der Waals surface area contributed by atoms with Crippen molar-refractivity contribution in [3.05, 3.63) is 59.4 Å². The maximum atomic E-state index is 5.88. The van der Waals surface area contributed by atoms with Crippen LogP contribution in [0.2, 0.25) is 0 Å². The Hall–Kier alpha value is -1.83. The highest BCUT2D eigenvalue weighted by molar-refractivity contribution is 14.0. The third-order valence-electron chi connectivity index (χ3n) is 3.87. The van der Waals surface area contributed by atoms with Crippen LogP contribution in [0.3, 0.4) is 0 Å². The summed E-state index contributed by atoms with van der Waals surface area (Å²) < 4.78 is 5.88. The minimum absolute atomic E-state index is 0. The van der Waals surface area contributed by atoms with Gasteiger partial charge in [0.1, 0.15) is 5.75 Å². The molecule has 2 rings (SSSR count). The molecule has 0 saturated heterocycles. The van der Waals surface area contributed by atoms with Crippen molar-refractivity contribution in [3.63, 3.8) is 0 Å². The van der Waals surface area contributed by atoms with Gasteiger partial charge in [-0.25, -0.2) is 4.99 Å². The molecule has 1 heterocycles. The molecule has 0 spiro atoms. The Morgan fingerprint density at radius 2 is 2.04 bits per heavy atom. The van der Waals surface area contributed by atoms with Crippen LogP contribution in [-0.2, 0) is 13.0 Å². The summed E-state index contributed by atoms with van der Waals surface area (Å²) in [6, 6.07) is 10.3. The van der Waals surface area contributed by atoms with E-state index in [2.05, 4.69) is 60.7 Å². The number of aromatic nitrogens is 1. The standard InChI is InChI=1S/C21H30N4O.HI/c1-4-13-26-20-14-17(3)8-9-19(20)16-25-21(23-5-2)24-12-10-18-7-6-11-22-15-18;/h6-9,11,14-15H,4-5,10,12-13,16H2,1-3H3,(H2,23,24,25);1H. The predicted molar refractivity (Wildman–Crippen MR) is 123 cm³/mol. The van der Waals surface area contributed by atoms with Crippen LogP contribution in [0.5, 0.6) is 5.75 Å². The first-order valence-corrected chi connectivity index (χ1v) is 9.36. The minimum Gasteiger partial charge on any atom is -0.493 e. The second-order valence-corrected chi connectivity index (χ2v) is 6.19. The van der Waals surface area contributed by atoms with Gasteiger partial charge in [-0.1, -0.05) is 25.1 Å². The number of ether oxygens (including phenoxy) is 1. The summed E-state index contributed by atoms with van der Waals surface area (Å²) in [7, 11) is 0. The largest absolute Gasteiger partial charge is 0.493 e. The third kappa shape index (κ3) is 8.60. The van der Waals surface area contributed by atoms with Crippen molar-refractivity contribution in [1.29, 1.82) is 0 Å². The lowest BCUT2D eigenvalue weighted by atomic mass is 10.1. The van der Waals surface area contributed by atoms with Gasteiger partial charge >= 0.3 is 0 Å². The molecule has 5 nitrogen and oxygen atoms in total. The number of aryl methyl sites for hydroxylation is 1. The lowest BCUT2D eigenvalue weighted by Gasteiger charge is -2.13. The first-order valence-electron chi connectivity index (χ1n) is 9.36. The highest BCUT2D eigenvalue weighted by Crippen LogP contribution is 2.21. The third-order valence-corrected chi connectivity index (χ3v) is 3.87. The Kier molecular flexibility index (Phi) is 11.5. The van der Waals surface area contributed by atoms with Gasteiger partial charge in [-0.2, -0.15) is 0 Å². The molecule has 0 aliphatic rings. The average molecular weight is 482 g/mol. The fourth-order valence-electron chi connectivity index (χ4n) is 2.52. The van der Waals surface area contributed by atoms with Crippen molar-refractivity contribution in [2.24, 2.45) is 4.99 Å². The maximum absolute atomic E-state index is 5.88. The molecule has 1 aromatic heterocycles. The summed E-state index contributed by atoms with van der Waals surface area (Å²) >= 11 is 0. The molecule has 1 aromatic carbocycles. The van der Waals surface area contributed by atoms with Crippen LogP contribution in [-0.4, -0.2) is 30.6 Å². The number of rotatable bonds is 9. The highest BCUT2D eigenvalue weighted by atomic mass is 127. The molecular weight excluding hydrogens is 451 g/mol. The van der Waals surface area contributed by atoms with Crippen LogP contribution in [0.4, 0.5) is 0 Å². The van der Waals surface area contributed by atoms with Crippen LogP contribution in [0.25, 0.3) is 0 Å². The van der Waals surface area contributed by atoms with E-state index in [0.29, 0.717) is 6.54 Å². The van der Waals surface area contributed by atoms with Gasteiger partial charge in [-0.05, 0) is 49.9 Å². The highest BCUT2D eigenvalue weighted by Gasteiger charge is 2.05. The molecule has 0 unspecified atom stereocenters. The molecule has 0 radical (unpaired) electrons. The second-order valence-electron chi connectivity index (χ2n) is 6.19. The predicted octanol–water partition coefficient (Wildman–Crippen LogP) is 4.09. The summed E-state index contributed by atoms with van der Waals surface area (Å²) in [5.41, 5.74) is 3.52. The molecule has 6 heteroatoms. The van der Waals surface area contributed by atoms with Gasteiger partial charge in [0, 0.05) is 31.0 Å². The van der Waals surface area contributed by atoms with Crippen LogP contribution in [0.15, 0.2) is 47.7 Å². The number of hydrogen-bond acceptors (Lipinski definition) is 3. The van der Waals surface area contributed by atoms with E-state index >= 15 is 0 Å². The van der Waals surface area contributed by atoms with E-state index in [0.717, 1.165) is 49.8 Å². The van der Waals surface area contributed by atoms with Crippen molar-refractivity contribution in [3.8, 4) is 5.75 Å². The fraction of sp³-hybridized carbons (Fsp3) is 0.429. The topological polar surface area (TPSA) is 58.5 Å². The Labute approximate surface area is 180 Å². The summed E-state index contributed by atoms with van der Waals surface area (Å²) in [5.74, 6) is 1.75. The number of halogens is 1. The zero-order valence-electron chi connectivity index (χ0n) is 16.5. The summed E-state index contributed by atoms with van der Waals surface area (Å²) in [5, 5.41) is 6.68. The number of pyridine rings is 1. The van der Waals surface area contributed by atoms with E-state index in [1.165, 1.54) is 11.1 Å². The molecule has 0 amide bonds. The van der Waals surface area contributed by atoms with Crippen LogP contribution in [0, 0.1) is 6.92 Å². The molecule has 0 atom stereocenters. The lowest BCUT2D eigenvalue weighted by Crippen LogP contribution is -2.38. The number of nitrogens with zero attached hydrogens (tertiary/aromatic N) is 2. The SMILES string of the molecule is CCCOc1cc(C)ccc1CN=C(NCC)NCCc1cccnc1.I. The molecular formula is C21H31IN4O. The molecule has 0 aliphatic carbocycles. The molecule has 27 heavy (non-hydrogen) atoms. The first kappa shape index (κ1) is 23.2. The smallest absolute Gasteiger partial charge is 0.191 e. The molecule has 0 aliphatic heterocycles. The Bertz CT molecular complexity index is 692. The molecule has 2 aromatic rings. The number of benzene rings is 1. The Morgan fingerprint density at radius 3 is 2.74 bits per heavy atom. The normalized spacial score (nSPS) is 10.9. The average Bonchev–Trinajstić information content (AvgIpc) is 2.66. The van der Waals surface area contributed by atoms with E-state index in [-0.39, 0.29) is 24.0 Å². The lowest BCUT2D eigenvalue weighted by molar-refractivity contribution is 0.314. The first-order chi connectivity index (χ1) is 12.7. The Balaban J connectivity index is 0.00000364. The van der Waals surface area contributed by atoms with E-state index in [9.17, 15) is 0 Å². The van der Waals surface area contributed by atoms with Crippen LogP contribution < -0.4 is 15.4 Å². The maximum Gasteiger partial charge on any atom is 0.191 e. The van der Waals surface area contributed by atoms with Crippen LogP contribution in [0.1, 0.15) is 37.0 Å². The zero-order chi connectivity index (χ0) is 18.6. The summed E-state index contributed by atoms with van der Waals surface area (Å²) in [6.07, 6.45) is 5.60. The zero-order valence-corrected chi connectivity index (χ0v) is 18.8. The molecule has 0 saturated carbocycles. The minimum atomic E-state index is 0. The Morgan fingerprint density at radius 1 is 1.19 bits per heavy atom. The van der Waals surface area contributed by atoms with Crippen molar-refractivity contribution in [1.82, 2.24) is 15.6 Å². The molecule has 0 bridgehead atoms. The van der Waals surface area contributed by atoms with Gasteiger partial charge in [0.05, 0.1) is 13.2 Å². The summed E-state index contributed by atoms with van der Waals surface area (Å²) in [6.45, 7) is 9.21. The number of guanidine groups is 1. The van der Waals surface area contributed by atoms with Crippen molar-refractivity contribution < 1.29 is 4.74 Å². The number of hydrogen-bond donors (Lipinski definition) is 2. The van der Waals surface area contributed by atoms with Gasteiger partial charge in [-0.15, -0.1) is 24.0 Å². The van der Waals surface area contributed by atoms with Crippen LogP contribution >= 0.6 is 24.0 Å². The van der Waals surface area contributed by atoms with Gasteiger partial charge < -0.3 is 15.4 Å². The van der Waals surface area contributed by atoms with Gasteiger partial charge in [0.15, 0.2) is 5.96 Å². The monoisotopic (exact) mass is 482 g/mol. The fourth-order valence-corrected chi connectivity index (χ4v) is 2.52.